The van der Waals surface area contributed by atoms with Gasteiger partial charge in [-0.2, -0.15) is 0 Å². The van der Waals surface area contributed by atoms with E-state index in [1.54, 1.807) is 11.1 Å². The van der Waals surface area contributed by atoms with E-state index < -0.39 is 0 Å². The van der Waals surface area contributed by atoms with Crippen LogP contribution in [0.2, 0.25) is 0 Å². The Morgan fingerprint density at radius 2 is 1.76 bits per heavy atom. The molecule has 1 heterocycles. The average Bonchev–Trinajstić information content (AvgIpc) is 2.41. The first-order valence-corrected chi connectivity index (χ1v) is 8.50. The molecule has 21 heavy (non-hydrogen) atoms. The zero-order valence-electron chi connectivity index (χ0n) is 14.5. The number of nitrogens with zero attached hydrogens (tertiary/aromatic N) is 2. The summed E-state index contributed by atoms with van der Waals surface area (Å²) >= 11 is 0. The molecule has 0 radical (unpaired) electrons. The Kier molecular flexibility index (Phi) is 5.48. The Labute approximate surface area is 130 Å². The molecule has 0 unspecified atom stereocenters. The molecular weight excluding hydrogens is 260 g/mol. The molecule has 0 saturated heterocycles. The summed E-state index contributed by atoms with van der Waals surface area (Å²) in [5.74, 6) is 0.398. The molecule has 0 N–H and O–H groups in total. The molecule has 3 nitrogen and oxygen atoms in total. The Morgan fingerprint density at radius 1 is 1.10 bits per heavy atom. The molecule has 0 spiro atoms. The third kappa shape index (κ3) is 5.14. The maximum atomic E-state index is 6.06. The van der Waals surface area contributed by atoms with E-state index in [0.717, 1.165) is 13.1 Å². The van der Waals surface area contributed by atoms with E-state index in [1.807, 2.05) is 6.34 Å². The van der Waals surface area contributed by atoms with Crippen molar-refractivity contribution in [3.63, 3.8) is 0 Å². The van der Waals surface area contributed by atoms with Crippen LogP contribution in [-0.2, 0) is 4.74 Å². The molecule has 2 rings (SSSR count). The molecule has 1 atom stereocenters. The molecule has 0 bridgehead atoms. The number of ether oxygens (including phenoxy) is 1. The molecule has 3 heteroatoms. The van der Waals surface area contributed by atoms with Gasteiger partial charge >= 0.3 is 0 Å². The fourth-order valence-corrected chi connectivity index (χ4v) is 3.09. The molecule has 0 amide bonds. The van der Waals surface area contributed by atoms with E-state index in [9.17, 15) is 0 Å². The van der Waals surface area contributed by atoms with Crippen molar-refractivity contribution in [2.45, 2.75) is 78.6 Å². The van der Waals surface area contributed by atoms with Gasteiger partial charge < -0.3 is 9.64 Å². The summed E-state index contributed by atoms with van der Waals surface area (Å²) in [6, 6.07) is 0. The lowest BCUT2D eigenvalue weighted by molar-refractivity contribution is -0.0745. The van der Waals surface area contributed by atoms with Gasteiger partial charge in [0.2, 0.25) is 0 Å². The lowest BCUT2D eigenvalue weighted by atomic mass is 9.87. The van der Waals surface area contributed by atoms with Gasteiger partial charge in [-0.15, -0.1) is 0 Å². The van der Waals surface area contributed by atoms with Crippen molar-refractivity contribution in [2.24, 2.45) is 10.9 Å². The largest absolute Gasteiger partial charge is 0.359 e. The fraction of sp³-hybridized carbons (Fsp3) is 0.833. The van der Waals surface area contributed by atoms with Crippen molar-refractivity contribution >= 4 is 6.34 Å². The van der Waals surface area contributed by atoms with Crippen LogP contribution >= 0.6 is 0 Å². The summed E-state index contributed by atoms with van der Waals surface area (Å²) in [5.41, 5.74) is 3.27. The van der Waals surface area contributed by atoms with Crippen LogP contribution in [0, 0.1) is 5.92 Å². The minimum Gasteiger partial charge on any atom is -0.359 e. The quantitative estimate of drug-likeness (QED) is 0.436. The summed E-state index contributed by atoms with van der Waals surface area (Å²) in [6.07, 6.45) is 8.61. The summed E-state index contributed by atoms with van der Waals surface area (Å²) in [7, 11) is 0. The Bertz CT molecular complexity index is 404. The van der Waals surface area contributed by atoms with Crippen molar-refractivity contribution < 1.29 is 4.74 Å². The van der Waals surface area contributed by atoms with Gasteiger partial charge in [0.1, 0.15) is 0 Å². The van der Waals surface area contributed by atoms with Gasteiger partial charge in [-0.1, -0.05) is 25.0 Å². The third-order valence-corrected chi connectivity index (χ3v) is 4.22. The van der Waals surface area contributed by atoms with Gasteiger partial charge in [0.05, 0.1) is 11.9 Å². The highest BCUT2D eigenvalue weighted by molar-refractivity contribution is 5.56. The summed E-state index contributed by atoms with van der Waals surface area (Å²) in [6.45, 7) is 12.8. The maximum Gasteiger partial charge on any atom is 0.152 e. The van der Waals surface area contributed by atoms with Crippen LogP contribution in [0.1, 0.15) is 66.7 Å². The SMILES string of the molecule is CC(C)[C@H](/N=C/N1CCC2=C(CCCC2)C1)OC(C)(C)C. The predicted octanol–water partition coefficient (Wildman–Crippen LogP) is 4.39. The normalized spacial score (nSPS) is 22.1. The lowest BCUT2D eigenvalue weighted by Gasteiger charge is -2.33. The first kappa shape index (κ1) is 16.5. The minimum absolute atomic E-state index is 0.0493. The maximum absolute atomic E-state index is 6.06. The van der Waals surface area contributed by atoms with Crippen LogP contribution in [-0.4, -0.2) is 36.2 Å². The zero-order valence-corrected chi connectivity index (χ0v) is 14.5. The van der Waals surface area contributed by atoms with E-state index in [4.69, 9.17) is 9.73 Å². The van der Waals surface area contributed by atoms with E-state index in [0.29, 0.717) is 5.92 Å². The van der Waals surface area contributed by atoms with Crippen LogP contribution in [0.25, 0.3) is 0 Å². The Balaban J connectivity index is 1.95. The Hall–Kier alpha value is -0.830. The monoisotopic (exact) mass is 292 g/mol. The molecule has 0 fully saturated rings. The molecule has 0 aromatic heterocycles. The summed E-state index contributed by atoms with van der Waals surface area (Å²) in [5, 5.41) is 0. The average molecular weight is 292 g/mol. The van der Waals surface area contributed by atoms with Gasteiger partial charge in [0.15, 0.2) is 6.23 Å². The van der Waals surface area contributed by atoms with E-state index in [-0.39, 0.29) is 11.8 Å². The highest BCUT2D eigenvalue weighted by Crippen LogP contribution is 2.30. The number of hydrogen-bond donors (Lipinski definition) is 0. The highest BCUT2D eigenvalue weighted by Gasteiger charge is 2.22. The standard InChI is InChI=1S/C18H32N2O/c1-14(2)17(21-18(3,4)5)19-13-20-11-10-15-8-6-7-9-16(15)12-20/h13-14,17H,6-12H2,1-5H3/b19-13+/t17-/m1/s1. The summed E-state index contributed by atoms with van der Waals surface area (Å²) in [4.78, 5) is 7.09. The van der Waals surface area contributed by atoms with Crippen molar-refractivity contribution in [3.8, 4) is 0 Å². The number of rotatable bonds is 4. The molecule has 1 aliphatic heterocycles. The predicted molar refractivity (Wildman–Crippen MR) is 89.6 cm³/mol. The molecule has 0 saturated carbocycles. The van der Waals surface area contributed by atoms with E-state index in [2.05, 4.69) is 39.5 Å². The molecular formula is C18H32N2O. The molecule has 0 aromatic carbocycles. The minimum atomic E-state index is -0.146. The van der Waals surface area contributed by atoms with Crippen molar-refractivity contribution in [2.75, 3.05) is 13.1 Å². The second-order valence-electron chi connectivity index (χ2n) is 7.76. The fourth-order valence-electron chi connectivity index (χ4n) is 3.09. The first-order chi connectivity index (χ1) is 9.85. The molecule has 0 aromatic rings. The van der Waals surface area contributed by atoms with Crippen molar-refractivity contribution in [3.05, 3.63) is 11.1 Å². The first-order valence-electron chi connectivity index (χ1n) is 8.50. The third-order valence-electron chi connectivity index (χ3n) is 4.22. The van der Waals surface area contributed by atoms with Gasteiger partial charge in [0, 0.05) is 19.0 Å². The van der Waals surface area contributed by atoms with E-state index >= 15 is 0 Å². The van der Waals surface area contributed by atoms with Crippen molar-refractivity contribution in [1.29, 1.82) is 0 Å². The van der Waals surface area contributed by atoms with Gasteiger partial charge in [0.25, 0.3) is 0 Å². The molecule has 1 aliphatic carbocycles. The molecule has 2 aliphatic rings. The second kappa shape index (κ2) is 6.95. The lowest BCUT2D eigenvalue weighted by Crippen LogP contribution is -2.34. The van der Waals surface area contributed by atoms with E-state index in [1.165, 1.54) is 32.1 Å². The number of hydrogen-bond acceptors (Lipinski definition) is 2. The molecule has 120 valence electrons. The van der Waals surface area contributed by atoms with Gasteiger partial charge in [-0.05, 0) is 52.9 Å². The smallest absolute Gasteiger partial charge is 0.152 e. The highest BCUT2D eigenvalue weighted by atomic mass is 16.5. The number of aliphatic imine (C=N–C) groups is 1. The van der Waals surface area contributed by atoms with Gasteiger partial charge in [-0.25, -0.2) is 4.99 Å². The van der Waals surface area contributed by atoms with Crippen LogP contribution < -0.4 is 0 Å². The Morgan fingerprint density at radius 3 is 2.38 bits per heavy atom. The van der Waals surface area contributed by atoms with Crippen LogP contribution in [0.15, 0.2) is 16.1 Å². The summed E-state index contributed by atoms with van der Waals surface area (Å²) < 4.78 is 6.06. The van der Waals surface area contributed by atoms with Crippen LogP contribution in [0.3, 0.4) is 0 Å². The van der Waals surface area contributed by atoms with Gasteiger partial charge in [-0.3, -0.25) is 0 Å². The second-order valence-corrected chi connectivity index (χ2v) is 7.76. The van der Waals surface area contributed by atoms with Crippen LogP contribution in [0.4, 0.5) is 0 Å². The zero-order chi connectivity index (χ0) is 15.5. The van der Waals surface area contributed by atoms with Crippen molar-refractivity contribution in [1.82, 2.24) is 4.90 Å². The topological polar surface area (TPSA) is 24.8 Å². The van der Waals surface area contributed by atoms with Crippen LogP contribution in [0.5, 0.6) is 0 Å².